The highest BCUT2D eigenvalue weighted by Gasteiger charge is 2.34. The lowest BCUT2D eigenvalue weighted by Crippen LogP contribution is -2.45. The monoisotopic (exact) mass is 519 g/mol. The van der Waals surface area contributed by atoms with Gasteiger partial charge in [-0.05, 0) is 36.1 Å². The Kier molecular flexibility index (Phi) is 8.18. The molecule has 3 heterocycles. The van der Waals surface area contributed by atoms with Crippen LogP contribution >= 0.6 is 0 Å². The van der Waals surface area contributed by atoms with Crippen LogP contribution in [0, 0.1) is 0 Å². The Labute approximate surface area is 222 Å². The Morgan fingerprint density at radius 1 is 1.00 bits per heavy atom. The van der Waals surface area contributed by atoms with E-state index in [1.54, 1.807) is 4.90 Å². The lowest BCUT2D eigenvalue weighted by molar-refractivity contribution is -0.149. The Morgan fingerprint density at radius 3 is 2.39 bits per heavy atom. The molecular formula is C28H33N5O5. The van der Waals surface area contributed by atoms with Gasteiger partial charge in [-0.1, -0.05) is 47.6 Å². The van der Waals surface area contributed by atoms with E-state index in [1.807, 2.05) is 36.5 Å². The summed E-state index contributed by atoms with van der Waals surface area (Å²) in [4.78, 5) is 33.2. The second-order valence-corrected chi connectivity index (χ2v) is 9.71. The SMILES string of the molecule is O=C(O)COC1CCN(C(=O)C2CC(c3ccc(C=NN4CCN(c5ccccc5)CC4)cc3)=NO2)CC1. The molecular weight excluding hydrogens is 486 g/mol. The number of ether oxygens (including phenoxy) is 1. The molecule has 0 saturated carbocycles. The highest BCUT2D eigenvalue weighted by Crippen LogP contribution is 2.22. The predicted octanol–water partition coefficient (Wildman–Crippen LogP) is 2.43. The quantitative estimate of drug-likeness (QED) is 0.534. The second kappa shape index (κ2) is 12.1. The number of hydrogen-bond acceptors (Lipinski definition) is 8. The van der Waals surface area contributed by atoms with Crippen LogP contribution in [0.25, 0.3) is 0 Å². The highest BCUT2D eigenvalue weighted by molar-refractivity contribution is 6.04. The van der Waals surface area contributed by atoms with E-state index in [9.17, 15) is 9.59 Å². The standard InChI is InChI=1S/C28H33N5O5/c34-27(35)20-37-24-10-12-32(13-11-24)28(36)26-18-25(30-38-26)22-8-6-21(7-9-22)19-29-33-16-14-31(15-17-33)23-4-2-1-3-5-23/h1-9,19,24,26H,10-18,20H2,(H,34,35). The smallest absolute Gasteiger partial charge is 0.329 e. The molecule has 2 saturated heterocycles. The zero-order valence-electron chi connectivity index (χ0n) is 21.3. The fraction of sp³-hybridized carbons (Fsp3) is 0.429. The summed E-state index contributed by atoms with van der Waals surface area (Å²) >= 11 is 0. The number of likely N-dealkylation sites (tertiary alicyclic amines) is 1. The van der Waals surface area contributed by atoms with E-state index in [-0.39, 0.29) is 18.6 Å². The number of aliphatic carboxylic acids is 1. The largest absolute Gasteiger partial charge is 0.480 e. The number of piperidine rings is 1. The van der Waals surface area contributed by atoms with Crippen molar-refractivity contribution in [3.05, 3.63) is 65.7 Å². The molecule has 1 N–H and O–H groups in total. The van der Waals surface area contributed by atoms with E-state index in [0.717, 1.165) is 43.0 Å². The minimum absolute atomic E-state index is 0.0865. The molecule has 200 valence electrons. The van der Waals surface area contributed by atoms with Gasteiger partial charge in [0.1, 0.15) is 6.61 Å². The van der Waals surface area contributed by atoms with Gasteiger partial charge in [0.25, 0.3) is 5.91 Å². The van der Waals surface area contributed by atoms with Crippen LogP contribution in [0.5, 0.6) is 0 Å². The molecule has 0 bridgehead atoms. The van der Waals surface area contributed by atoms with Crippen LogP contribution in [0.4, 0.5) is 5.69 Å². The number of carboxylic acids is 1. The number of carbonyl (C=O) groups excluding carboxylic acids is 1. The zero-order valence-corrected chi connectivity index (χ0v) is 21.3. The first-order valence-corrected chi connectivity index (χ1v) is 13.1. The number of hydrogen-bond donors (Lipinski definition) is 1. The average molecular weight is 520 g/mol. The topological polar surface area (TPSA) is 107 Å². The molecule has 10 heteroatoms. The molecule has 2 aromatic rings. The lowest BCUT2D eigenvalue weighted by Gasteiger charge is -2.34. The molecule has 3 aliphatic heterocycles. The maximum atomic E-state index is 12.9. The summed E-state index contributed by atoms with van der Waals surface area (Å²) in [6.45, 7) is 4.37. The Hall–Kier alpha value is -3.92. The molecule has 1 amide bonds. The molecule has 0 radical (unpaired) electrons. The van der Waals surface area contributed by atoms with Crippen LogP contribution in [0.1, 0.15) is 30.4 Å². The third kappa shape index (κ3) is 6.49. The molecule has 1 atom stereocenters. The highest BCUT2D eigenvalue weighted by atomic mass is 16.6. The third-order valence-corrected chi connectivity index (χ3v) is 7.13. The summed E-state index contributed by atoms with van der Waals surface area (Å²) in [5.74, 6) is -1.07. The maximum absolute atomic E-state index is 12.9. The summed E-state index contributed by atoms with van der Waals surface area (Å²) in [6, 6.07) is 18.4. The molecule has 10 nitrogen and oxygen atoms in total. The lowest BCUT2D eigenvalue weighted by atomic mass is 10.0. The van der Waals surface area contributed by atoms with Crippen LogP contribution in [-0.4, -0.2) is 96.9 Å². The van der Waals surface area contributed by atoms with Crippen molar-refractivity contribution in [2.75, 3.05) is 50.8 Å². The number of carboxylic acid groups (broad SMARTS) is 1. The van der Waals surface area contributed by atoms with E-state index in [1.165, 1.54) is 5.69 Å². The number of anilines is 1. The molecule has 3 aliphatic rings. The number of para-hydroxylation sites is 1. The van der Waals surface area contributed by atoms with Crippen molar-refractivity contribution in [3.8, 4) is 0 Å². The first-order valence-electron chi connectivity index (χ1n) is 13.1. The van der Waals surface area contributed by atoms with Gasteiger partial charge < -0.3 is 24.5 Å². The third-order valence-electron chi connectivity index (χ3n) is 7.13. The van der Waals surface area contributed by atoms with E-state index < -0.39 is 12.1 Å². The molecule has 0 aromatic heterocycles. The van der Waals surface area contributed by atoms with Crippen molar-refractivity contribution in [3.63, 3.8) is 0 Å². The van der Waals surface area contributed by atoms with Gasteiger partial charge in [0.15, 0.2) is 0 Å². The number of carbonyl (C=O) groups is 2. The van der Waals surface area contributed by atoms with Crippen molar-refractivity contribution in [1.82, 2.24) is 9.91 Å². The fourth-order valence-corrected chi connectivity index (χ4v) is 4.93. The van der Waals surface area contributed by atoms with Crippen molar-refractivity contribution in [1.29, 1.82) is 0 Å². The van der Waals surface area contributed by atoms with Gasteiger partial charge >= 0.3 is 5.97 Å². The van der Waals surface area contributed by atoms with Crippen LogP contribution in [-0.2, 0) is 19.2 Å². The molecule has 0 aliphatic carbocycles. The Morgan fingerprint density at radius 2 is 1.71 bits per heavy atom. The molecule has 0 spiro atoms. The van der Waals surface area contributed by atoms with Gasteiger partial charge in [-0.25, -0.2) is 4.79 Å². The van der Waals surface area contributed by atoms with Crippen LogP contribution in [0.2, 0.25) is 0 Å². The van der Waals surface area contributed by atoms with E-state index in [2.05, 4.69) is 44.4 Å². The van der Waals surface area contributed by atoms with Crippen molar-refractivity contribution in [2.45, 2.75) is 31.5 Å². The van der Waals surface area contributed by atoms with Crippen LogP contribution in [0.3, 0.4) is 0 Å². The summed E-state index contributed by atoms with van der Waals surface area (Å²) in [5.41, 5.74) is 3.93. The van der Waals surface area contributed by atoms with Gasteiger partial charge in [-0.3, -0.25) is 9.80 Å². The molecule has 2 fully saturated rings. The summed E-state index contributed by atoms with van der Waals surface area (Å²) in [6.07, 6.45) is 2.78. The van der Waals surface area contributed by atoms with Gasteiger partial charge in [0, 0.05) is 38.3 Å². The number of oxime groups is 1. The van der Waals surface area contributed by atoms with Gasteiger partial charge in [0.2, 0.25) is 6.10 Å². The van der Waals surface area contributed by atoms with E-state index in [4.69, 9.17) is 14.7 Å². The van der Waals surface area contributed by atoms with E-state index >= 15 is 0 Å². The maximum Gasteiger partial charge on any atom is 0.329 e. The normalized spacial score (nSPS) is 20.5. The van der Waals surface area contributed by atoms with E-state index in [0.29, 0.717) is 32.4 Å². The summed E-state index contributed by atoms with van der Waals surface area (Å²) in [5, 5.41) is 19.7. The van der Waals surface area contributed by atoms with Gasteiger partial charge in [-0.15, -0.1) is 0 Å². The first kappa shape index (κ1) is 25.7. The number of piperazine rings is 1. The molecule has 2 aromatic carbocycles. The first-order chi connectivity index (χ1) is 18.5. The molecule has 5 rings (SSSR count). The zero-order chi connectivity index (χ0) is 26.3. The fourth-order valence-electron chi connectivity index (χ4n) is 4.93. The number of rotatable bonds is 8. The van der Waals surface area contributed by atoms with Crippen molar-refractivity contribution >= 4 is 29.5 Å². The van der Waals surface area contributed by atoms with Gasteiger partial charge in [0.05, 0.1) is 31.1 Å². The average Bonchev–Trinajstić information content (AvgIpc) is 3.46. The Balaban J connectivity index is 1.06. The predicted molar refractivity (Wildman–Crippen MR) is 143 cm³/mol. The summed E-state index contributed by atoms with van der Waals surface area (Å²) in [7, 11) is 0. The number of nitrogens with zero attached hydrogens (tertiary/aromatic N) is 5. The van der Waals surface area contributed by atoms with Gasteiger partial charge in [-0.2, -0.15) is 5.10 Å². The Bertz CT molecular complexity index is 1150. The molecule has 1 unspecified atom stereocenters. The molecule has 38 heavy (non-hydrogen) atoms. The number of hydrazone groups is 1. The van der Waals surface area contributed by atoms with Crippen molar-refractivity contribution < 1.29 is 24.3 Å². The van der Waals surface area contributed by atoms with Crippen molar-refractivity contribution in [2.24, 2.45) is 10.3 Å². The number of amides is 1. The minimum atomic E-state index is -0.981. The summed E-state index contributed by atoms with van der Waals surface area (Å²) < 4.78 is 5.35. The van der Waals surface area contributed by atoms with Crippen LogP contribution < -0.4 is 4.90 Å². The van der Waals surface area contributed by atoms with Crippen LogP contribution in [0.15, 0.2) is 64.9 Å². The number of benzene rings is 2. The second-order valence-electron chi connectivity index (χ2n) is 9.71. The minimum Gasteiger partial charge on any atom is -0.480 e.